The summed E-state index contributed by atoms with van der Waals surface area (Å²) >= 11 is 0. The Kier molecular flexibility index (Phi) is 6.94. The first kappa shape index (κ1) is 20.5. The van der Waals surface area contributed by atoms with Gasteiger partial charge in [-0.2, -0.15) is 0 Å². The highest BCUT2D eigenvalue weighted by atomic mass is 16.6. The Morgan fingerprint density at radius 1 is 1.14 bits per heavy atom. The number of nitrogens with one attached hydrogen (secondary N) is 1. The summed E-state index contributed by atoms with van der Waals surface area (Å²) in [4.78, 5) is 24.4. The van der Waals surface area contributed by atoms with Crippen molar-refractivity contribution in [1.82, 2.24) is 5.32 Å². The zero-order valence-corrected chi connectivity index (χ0v) is 16.6. The Balaban J connectivity index is 1.49. The fourth-order valence-electron chi connectivity index (χ4n) is 3.02. The molecule has 154 valence electrons. The Hall–Kier alpha value is -3.22. The van der Waals surface area contributed by atoms with Crippen molar-refractivity contribution in [2.75, 3.05) is 26.9 Å². The highest BCUT2D eigenvalue weighted by Crippen LogP contribution is 2.40. The number of esters is 1. The molecule has 1 amide bonds. The van der Waals surface area contributed by atoms with E-state index in [4.69, 9.17) is 18.9 Å². The summed E-state index contributed by atoms with van der Waals surface area (Å²) in [6.07, 6.45) is 1.65. The topological polar surface area (TPSA) is 83.1 Å². The summed E-state index contributed by atoms with van der Waals surface area (Å²) in [5.74, 6) is 0.283. The first-order valence-corrected chi connectivity index (χ1v) is 9.55. The molecule has 1 aliphatic rings. The Morgan fingerprint density at radius 2 is 1.90 bits per heavy atom. The molecule has 0 saturated carbocycles. The normalized spacial score (nSPS) is 13.3. The third-order valence-electron chi connectivity index (χ3n) is 4.51. The van der Waals surface area contributed by atoms with Gasteiger partial charge in [0.1, 0.15) is 13.2 Å². The molecule has 0 radical (unpaired) electrons. The van der Waals surface area contributed by atoms with Gasteiger partial charge in [0.2, 0.25) is 5.75 Å². The average molecular weight is 399 g/mol. The number of rotatable bonds is 8. The van der Waals surface area contributed by atoms with Crippen LogP contribution in [0.4, 0.5) is 0 Å². The maximum absolute atomic E-state index is 12.3. The fraction of sp³-hybridized carbons (Fsp3) is 0.364. The lowest BCUT2D eigenvalue weighted by Crippen LogP contribution is -2.36. The largest absolute Gasteiger partial charge is 0.493 e. The standard InChI is InChI=1S/C22H25NO6/c1-15(8-9-16-6-4-3-5-7-16)23-20(24)14-29-22(25)17-12-18(26-2)21-19(13-17)27-10-11-28-21/h3-7,12-13,15H,8-11,14H2,1-2H3,(H,23,24)/t15-/m0/s1. The molecule has 29 heavy (non-hydrogen) atoms. The maximum Gasteiger partial charge on any atom is 0.338 e. The van der Waals surface area contributed by atoms with E-state index in [1.54, 1.807) is 0 Å². The Labute approximate surface area is 169 Å². The van der Waals surface area contributed by atoms with Crippen LogP contribution in [0.15, 0.2) is 42.5 Å². The molecule has 1 heterocycles. The Morgan fingerprint density at radius 3 is 2.66 bits per heavy atom. The lowest BCUT2D eigenvalue weighted by molar-refractivity contribution is -0.124. The second-order valence-corrected chi connectivity index (χ2v) is 6.77. The van der Waals surface area contributed by atoms with Crippen LogP contribution in [0.1, 0.15) is 29.3 Å². The molecule has 0 fully saturated rings. The van der Waals surface area contributed by atoms with Crippen LogP contribution < -0.4 is 19.5 Å². The number of benzene rings is 2. The van der Waals surface area contributed by atoms with Crippen LogP contribution in [-0.4, -0.2) is 44.8 Å². The molecule has 0 unspecified atom stereocenters. The second-order valence-electron chi connectivity index (χ2n) is 6.77. The monoisotopic (exact) mass is 399 g/mol. The van der Waals surface area contributed by atoms with Crippen molar-refractivity contribution >= 4 is 11.9 Å². The van der Waals surface area contributed by atoms with Crippen molar-refractivity contribution in [3.8, 4) is 17.2 Å². The minimum atomic E-state index is -0.632. The quantitative estimate of drug-likeness (QED) is 0.688. The number of methoxy groups -OCH3 is 1. The number of hydrogen-bond acceptors (Lipinski definition) is 6. The second kappa shape index (κ2) is 9.82. The van der Waals surface area contributed by atoms with Crippen molar-refractivity contribution in [3.63, 3.8) is 0 Å². The summed E-state index contributed by atoms with van der Waals surface area (Å²) in [6, 6.07) is 13.1. The molecule has 1 N–H and O–H groups in total. The van der Waals surface area contributed by atoms with E-state index in [0.29, 0.717) is 30.5 Å². The van der Waals surface area contributed by atoms with Gasteiger partial charge in [0, 0.05) is 6.04 Å². The summed E-state index contributed by atoms with van der Waals surface area (Å²) in [7, 11) is 1.48. The number of carbonyl (C=O) groups is 2. The zero-order chi connectivity index (χ0) is 20.6. The van der Waals surface area contributed by atoms with Gasteiger partial charge in [-0.3, -0.25) is 4.79 Å². The predicted octanol–water partition coefficient (Wildman–Crippen LogP) is 2.76. The van der Waals surface area contributed by atoms with E-state index in [0.717, 1.165) is 12.8 Å². The molecule has 0 aliphatic carbocycles. The third-order valence-corrected chi connectivity index (χ3v) is 4.51. The van der Waals surface area contributed by atoms with E-state index in [2.05, 4.69) is 17.4 Å². The van der Waals surface area contributed by atoms with Gasteiger partial charge in [0.25, 0.3) is 5.91 Å². The van der Waals surface area contributed by atoms with Gasteiger partial charge in [0.15, 0.2) is 18.1 Å². The Bertz CT molecular complexity index is 835. The number of amides is 1. The van der Waals surface area contributed by atoms with E-state index in [1.165, 1.54) is 24.8 Å². The molecule has 0 aromatic heterocycles. The van der Waals surface area contributed by atoms with Gasteiger partial charge < -0.3 is 24.3 Å². The van der Waals surface area contributed by atoms with Crippen LogP contribution >= 0.6 is 0 Å². The fourth-order valence-corrected chi connectivity index (χ4v) is 3.02. The summed E-state index contributed by atoms with van der Waals surface area (Å²) in [5.41, 5.74) is 1.45. The van der Waals surface area contributed by atoms with Crippen LogP contribution in [0.5, 0.6) is 17.2 Å². The van der Waals surface area contributed by atoms with Crippen molar-refractivity contribution < 1.29 is 28.5 Å². The van der Waals surface area contributed by atoms with Crippen LogP contribution in [0.3, 0.4) is 0 Å². The van der Waals surface area contributed by atoms with Crippen LogP contribution in [0.2, 0.25) is 0 Å². The molecule has 1 aliphatic heterocycles. The van der Waals surface area contributed by atoms with E-state index in [-0.39, 0.29) is 24.1 Å². The molecule has 1 atom stereocenters. The molecule has 2 aromatic carbocycles. The smallest absolute Gasteiger partial charge is 0.338 e. The first-order chi connectivity index (χ1) is 14.1. The SMILES string of the molecule is COc1cc(C(=O)OCC(=O)N[C@@H](C)CCc2ccccc2)cc2c1OCCO2. The molecular formula is C22H25NO6. The van der Waals surface area contributed by atoms with Gasteiger partial charge >= 0.3 is 5.97 Å². The van der Waals surface area contributed by atoms with Gasteiger partial charge in [-0.25, -0.2) is 4.79 Å². The summed E-state index contributed by atoms with van der Waals surface area (Å²) in [6.45, 7) is 2.37. The molecular weight excluding hydrogens is 374 g/mol. The van der Waals surface area contributed by atoms with Gasteiger partial charge in [-0.15, -0.1) is 0 Å². The van der Waals surface area contributed by atoms with Crippen LogP contribution in [0.25, 0.3) is 0 Å². The first-order valence-electron chi connectivity index (χ1n) is 9.55. The van der Waals surface area contributed by atoms with Crippen molar-refractivity contribution in [2.45, 2.75) is 25.8 Å². The predicted molar refractivity (Wildman–Crippen MR) is 107 cm³/mol. The van der Waals surface area contributed by atoms with Crippen LogP contribution in [0, 0.1) is 0 Å². The molecule has 0 bridgehead atoms. The van der Waals surface area contributed by atoms with E-state index < -0.39 is 5.97 Å². The molecule has 3 rings (SSSR count). The molecule has 7 heteroatoms. The lowest BCUT2D eigenvalue weighted by Gasteiger charge is -2.21. The number of fused-ring (bicyclic) bond motifs is 1. The number of hydrogen-bond donors (Lipinski definition) is 1. The third kappa shape index (κ3) is 5.63. The van der Waals surface area contributed by atoms with Crippen molar-refractivity contribution in [3.05, 3.63) is 53.6 Å². The average Bonchev–Trinajstić information content (AvgIpc) is 2.76. The summed E-state index contributed by atoms with van der Waals surface area (Å²) < 4.78 is 21.4. The van der Waals surface area contributed by atoms with Gasteiger partial charge in [-0.1, -0.05) is 30.3 Å². The van der Waals surface area contributed by atoms with Crippen LogP contribution in [-0.2, 0) is 16.0 Å². The zero-order valence-electron chi connectivity index (χ0n) is 16.6. The lowest BCUT2D eigenvalue weighted by atomic mass is 10.1. The minimum Gasteiger partial charge on any atom is -0.493 e. The maximum atomic E-state index is 12.3. The number of ether oxygens (including phenoxy) is 4. The van der Waals surface area contributed by atoms with Gasteiger partial charge in [0.05, 0.1) is 12.7 Å². The van der Waals surface area contributed by atoms with Crippen molar-refractivity contribution in [2.24, 2.45) is 0 Å². The summed E-state index contributed by atoms with van der Waals surface area (Å²) in [5, 5.41) is 2.84. The van der Waals surface area contributed by atoms with E-state index in [9.17, 15) is 9.59 Å². The minimum absolute atomic E-state index is 0.0317. The molecule has 2 aromatic rings. The highest BCUT2D eigenvalue weighted by Gasteiger charge is 2.22. The molecule has 0 saturated heterocycles. The van der Waals surface area contributed by atoms with E-state index in [1.807, 2.05) is 25.1 Å². The number of carbonyl (C=O) groups excluding carboxylic acids is 2. The highest BCUT2D eigenvalue weighted by molar-refractivity contribution is 5.92. The molecule has 7 nitrogen and oxygen atoms in total. The molecule has 0 spiro atoms. The van der Waals surface area contributed by atoms with Gasteiger partial charge in [-0.05, 0) is 37.5 Å². The number of aryl methyl sites for hydroxylation is 1. The van der Waals surface area contributed by atoms with E-state index >= 15 is 0 Å². The van der Waals surface area contributed by atoms with Crippen molar-refractivity contribution in [1.29, 1.82) is 0 Å².